The first kappa shape index (κ1) is 15.9. The number of piperidine rings is 1. The van der Waals surface area contributed by atoms with E-state index in [9.17, 15) is 9.18 Å². The molecule has 0 amide bonds. The summed E-state index contributed by atoms with van der Waals surface area (Å²) in [6.45, 7) is 1.34. The number of nitrogens with zero attached hydrogens (tertiary/aromatic N) is 3. The molecule has 3 rings (SSSR count). The lowest BCUT2D eigenvalue weighted by Gasteiger charge is -2.33. The number of pyridine rings is 1. The Hall–Kier alpha value is -1.99. The monoisotopic (exact) mass is 338 g/mol. The summed E-state index contributed by atoms with van der Waals surface area (Å²) < 4.78 is 18.7. The summed E-state index contributed by atoms with van der Waals surface area (Å²) in [6, 6.07) is 2.79. The average molecular weight is 339 g/mol. The van der Waals surface area contributed by atoms with Gasteiger partial charge in [-0.2, -0.15) is 4.39 Å². The van der Waals surface area contributed by atoms with Crippen molar-refractivity contribution < 1.29 is 9.13 Å². The molecule has 3 heterocycles. The molecule has 1 fully saturated rings. The number of hydrogen-bond donors (Lipinski definition) is 1. The van der Waals surface area contributed by atoms with Gasteiger partial charge in [-0.15, -0.1) is 0 Å². The van der Waals surface area contributed by atoms with E-state index in [1.807, 2.05) is 4.90 Å². The minimum absolute atomic E-state index is 0.0278. The Balaban J connectivity index is 2.02. The predicted octanol–water partition coefficient (Wildman–Crippen LogP) is 2.24. The van der Waals surface area contributed by atoms with Crippen molar-refractivity contribution >= 4 is 17.4 Å². The fourth-order valence-electron chi connectivity index (χ4n) is 2.67. The summed E-state index contributed by atoms with van der Waals surface area (Å²) >= 11 is 6.13. The number of halogens is 2. The number of ether oxygens (including phenoxy) is 1. The van der Waals surface area contributed by atoms with Gasteiger partial charge in [0.2, 0.25) is 5.95 Å². The van der Waals surface area contributed by atoms with E-state index in [-0.39, 0.29) is 17.0 Å². The van der Waals surface area contributed by atoms with Gasteiger partial charge in [-0.3, -0.25) is 4.79 Å². The zero-order valence-corrected chi connectivity index (χ0v) is 13.3. The highest BCUT2D eigenvalue weighted by molar-refractivity contribution is 6.32. The first-order valence-electron chi connectivity index (χ1n) is 7.28. The number of aromatic amines is 1. The Kier molecular flexibility index (Phi) is 4.58. The van der Waals surface area contributed by atoms with Gasteiger partial charge in [0, 0.05) is 38.0 Å². The lowest BCUT2D eigenvalue weighted by Crippen LogP contribution is -2.40. The first-order chi connectivity index (χ1) is 11.1. The number of methoxy groups -OCH3 is 1. The molecule has 122 valence electrons. The van der Waals surface area contributed by atoms with E-state index < -0.39 is 11.5 Å². The molecule has 0 spiro atoms. The number of nitrogens with one attached hydrogen (secondary N) is 1. The van der Waals surface area contributed by atoms with Crippen molar-refractivity contribution in [3.63, 3.8) is 0 Å². The van der Waals surface area contributed by atoms with Gasteiger partial charge in [0.15, 0.2) is 5.82 Å². The Morgan fingerprint density at radius 3 is 3.09 bits per heavy atom. The van der Waals surface area contributed by atoms with E-state index >= 15 is 0 Å². The van der Waals surface area contributed by atoms with Gasteiger partial charge in [0.05, 0.1) is 6.10 Å². The number of H-pyrrole nitrogens is 1. The van der Waals surface area contributed by atoms with E-state index in [4.69, 9.17) is 16.3 Å². The maximum atomic E-state index is 13.3. The van der Waals surface area contributed by atoms with Crippen molar-refractivity contribution in [3.05, 3.63) is 39.7 Å². The molecule has 0 saturated carbocycles. The quantitative estimate of drug-likeness (QED) is 0.869. The normalized spacial score (nSPS) is 18.2. The maximum absolute atomic E-state index is 13.3. The molecule has 1 saturated heterocycles. The van der Waals surface area contributed by atoms with Crippen molar-refractivity contribution in [2.24, 2.45) is 0 Å². The summed E-state index contributed by atoms with van der Waals surface area (Å²) in [6.07, 6.45) is 3.27. The molecular weight excluding hydrogens is 323 g/mol. The van der Waals surface area contributed by atoms with E-state index in [2.05, 4.69) is 15.0 Å². The summed E-state index contributed by atoms with van der Waals surface area (Å²) in [5, 5.41) is 0.0278. The number of anilines is 1. The van der Waals surface area contributed by atoms with Crippen LogP contribution in [-0.4, -0.2) is 41.3 Å². The van der Waals surface area contributed by atoms with Crippen LogP contribution in [0.1, 0.15) is 12.8 Å². The van der Waals surface area contributed by atoms with Gasteiger partial charge in [-0.05, 0) is 18.9 Å². The molecule has 0 unspecified atom stereocenters. The summed E-state index contributed by atoms with van der Waals surface area (Å²) in [5.74, 6) is 0.0127. The van der Waals surface area contributed by atoms with Crippen LogP contribution in [0.4, 0.5) is 10.2 Å². The van der Waals surface area contributed by atoms with Crippen molar-refractivity contribution in [2.45, 2.75) is 18.9 Å². The van der Waals surface area contributed by atoms with Gasteiger partial charge < -0.3 is 14.6 Å². The van der Waals surface area contributed by atoms with E-state index in [0.29, 0.717) is 17.9 Å². The molecule has 0 bridgehead atoms. The van der Waals surface area contributed by atoms with E-state index in [1.165, 1.54) is 12.3 Å². The molecule has 23 heavy (non-hydrogen) atoms. The Bertz CT molecular complexity index is 767. The van der Waals surface area contributed by atoms with Gasteiger partial charge in [0.25, 0.3) is 5.56 Å². The topological polar surface area (TPSA) is 71.1 Å². The maximum Gasteiger partial charge on any atom is 0.272 e. The third-order valence-corrected chi connectivity index (χ3v) is 4.20. The second-order valence-corrected chi connectivity index (χ2v) is 5.74. The lowest BCUT2D eigenvalue weighted by molar-refractivity contribution is 0.0891. The molecule has 0 aromatic carbocycles. The fourth-order valence-corrected chi connectivity index (χ4v) is 2.87. The summed E-state index contributed by atoms with van der Waals surface area (Å²) in [4.78, 5) is 24.5. The number of hydrogen-bond acceptors (Lipinski definition) is 5. The first-order valence-corrected chi connectivity index (χ1v) is 7.65. The van der Waals surface area contributed by atoms with Gasteiger partial charge >= 0.3 is 0 Å². The SMILES string of the molecule is CO[C@H]1CCCN(c2nc(-c3ccnc(F)c3)[nH]c(=O)c2Cl)C1. The second kappa shape index (κ2) is 6.64. The van der Waals surface area contributed by atoms with Crippen LogP contribution in [-0.2, 0) is 4.74 Å². The van der Waals surface area contributed by atoms with Crippen LogP contribution >= 0.6 is 11.6 Å². The van der Waals surface area contributed by atoms with Crippen LogP contribution in [0, 0.1) is 5.95 Å². The lowest BCUT2D eigenvalue weighted by atomic mass is 10.1. The smallest absolute Gasteiger partial charge is 0.272 e. The molecule has 1 N–H and O–H groups in total. The highest BCUT2D eigenvalue weighted by Gasteiger charge is 2.24. The molecule has 0 aliphatic carbocycles. The van der Waals surface area contributed by atoms with Crippen LogP contribution in [0.5, 0.6) is 0 Å². The van der Waals surface area contributed by atoms with Crippen LogP contribution in [0.3, 0.4) is 0 Å². The average Bonchev–Trinajstić information content (AvgIpc) is 2.57. The van der Waals surface area contributed by atoms with E-state index in [0.717, 1.165) is 19.4 Å². The van der Waals surface area contributed by atoms with Crippen molar-refractivity contribution in [1.29, 1.82) is 0 Å². The highest BCUT2D eigenvalue weighted by atomic mass is 35.5. The van der Waals surface area contributed by atoms with Crippen molar-refractivity contribution in [2.75, 3.05) is 25.1 Å². The molecular formula is C15H16ClFN4O2. The molecule has 6 nitrogen and oxygen atoms in total. The van der Waals surface area contributed by atoms with Crippen LogP contribution < -0.4 is 10.5 Å². The van der Waals surface area contributed by atoms with Crippen LogP contribution in [0.25, 0.3) is 11.4 Å². The molecule has 0 radical (unpaired) electrons. The summed E-state index contributed by atoms with van der Waals surface area (Å²) in [7, 11) is 1.66. The molecule has 2 aromatic heterocycles. The van der Waals surface area contributed by atoms with Gasteiger partial charge in [0.1, 0.15) is 10.8 Å². The largest absolute Gasteiger partial charge is 0.380 e. The zero-order valence-electron chi connectivity index (χ0n) is 12.6. The van der Waals surface area contributed by atoms with Crippen LogP contribution in [0.15, 0.2) is 23.1 Å². The zero-order chi connectivity index (χ0) is 16.4. The molecule has 2 aromatic rings. The standard InChI is InChI=1S/C15H16ClFN4O2/c1-23-10-3-2-6-21(8-10)14-12(16)15(22)20-13(19-14)9-4-5-18-11(17)7-9/h4-5,7,10H,2-3,6,8H2,1H3,(H,19,20,22)/t10-/m0/s1. The Labute approximate surface area is 137 Å². The van der Waals surface area contributed by atoms with Crippen molar-refractivity contribution in [3.8, 4) is 11.4 Å². The third kappa shape index (κ3) is 3.35. The second-order valence-electron chi connectivity index (χ2n) is 5.37. The molecule has 8 heteroatoms. The van der Waals surface area contributed by atoms with Gasteiger partial charge in [-0.25, -0.2) is 9.97 Å². The Morgan fingerprint density at radius 2 is 2.35 bits per heavy atom. The van der Waals surface area contributed by atoms with Gasteiger partial charge in [-0.1, -0.05) is 11.6 Å². The third-order valence-electron chi connectivity index (χ3n) is 3.86. The fraction of sp³-hybridized carbons (Fsp3) is 0.400. The van der Waals surface area contributed by atoms with E-state index in [1.54, 1.807) is 13.2 Å². The highest BCUT2D eigenvalue weighted by Crippen LogP contribution is 2.26. The summed E-state index contributed by atoms with van der Waals surface area (Å²) in [5.41, 5.74) is -0.0174. The molecule has 1 aliphatic rings. The predicted molar refractivity (Wildman–Crippen MR) is 85.3 cm³/mol. The molecule has 1 aliphatic heterocycles. The minimum Gasteiger partial charge on any atom is -0.380 e. The van der Waals surface area contributed by atoms with Crippen molar-refractivity contribution in [1.82, 2.24) is 15.0 Å². The minimum atomic E-state index is -0.640. The molecule has 1 atom stereocenters. The number of rotatable bonds is 3. The Morgan fingerprint density at radius 1 is 1.52 bits per heavy atom. The number of aromatic nitrogens is 3. The van der Waals surface area contributed by atoms with Crippen LogP contribution in [0.2, 0.25) is 5.02 Å².